The van der Waals surface area contributed by atoms with Gasteiger partial charge in [-0.2, -0.15) is 0 Å². The van der Waals surface area contributed by atoms with Crippen molar-refractivity contribution in [3.63, 3.8) is 0 Å². The van der Waals surface area contributed by atoms with Gasteiger partial charge in [-0.1, -0.05) is 127 Å². The lowest BCUT2D eigenvalue weighted by Gasteiger charge is -2.13. The fourth-order valence-corrected chi connectivity index (χ4v) is 7.48. The molecule has 0 aliphatic rings. The zero-order valence-electron chi connectivity index (χ0n) is 23.3. The second-order valence-electron chi connectivity index (χ2n) is 11.6. The van der Waals surface area contributed by atoms with Gasteiger partial charge in [-0.3, -0.25) is 0 Å². The molecule has 1 heteroatoms. The zero-order valence-corrected chi connectivity index (χ0v) is 23.3. The zero-order chi connectivity index (χ0) is 28.1. The smallest absolute Gasteiger partial charge is 0.144 e. The molecular weight excluding hydrogens is 520 g/mol. The standard InChI is InChI=1S/C42H24O/c1-2-10-29-25(9-1)17-18-26-19-20-27(23-37(26)29)28-21-22-36-38(24-28)43-42-40(36)35-16-8-7-15-34(35)39-32-13-5-3-11-30(32)31-12-4-6-14-33(31)41(39)42/h1-24H. The van der Waals surface area contributed by atoms with Crippen molar-refractivity contribution in [2.24, 2.45) is 0 Å². The number of furan rings is 1. The molecule has 1 aromatic heterocycles. The van der Waals surface area contributed by atoms with Gasteiger partial charge in [0.05, 0.1) is 0 Å². The topological polar surface area (TPSA) is 13.1 Å². The van der Waals surface area contributed by atoms with E-state index in [4.69, 9.17) is 4.42 Å². The third-order valence-electron chi connectivity index (χ3n) is 9.40. The van der Waals surface area contributed by atoms with Crippen LogP contribution in [-0.2, 0) is 0 Å². The van der Waals surface area contributed by atoms with Crippen LogP contribution in [0.4, 0.5) is 0 Å². The number of benzene rings is 9. The maximum absolute atomic E-state index is 6.95. The molecule has 0 amide bonds. The molecule has 0 radical (unpaired) electrons. The molecule has 0 aliphatic carbocycles. The third kappa shape index (κ3) is 3.11. The Kier molecular flexibility index (Phi) is 4.51. The summed E-state index contributed by atoms with van der Waals surface area (Å²) in [6.45, 7) is 0. The molecule has 43 heavy (non-hydrogen) atoms. The Morgan fingerprint density at radius 3 is 1.51 bits per heavy atom. The van der Waals surface area contributed by atoms with Crippen LogP contribution in [0.15, 0.2) is 150 Å². The molecule has 0 aliphatic heterocycles. The van der Waals surface area contributed by atoms with Crippen LogP contribution < -0.4 is 0 Å². The molecule has 0 N–H and O–H groups in total. The Labute approximate surface area is 247 Å². The van der Waals surface area contributed by atoms with Gasteiger partial charge in [0.2, 0.25) is 0 Å². The quantitative estimate of drug-likeness (QED) is 0.187. The first kappa shape index (κ1) is 23.0. The molecule has 9 aromatic carbocycles. The van der Waals surface area contributed by atoms with Gasteiger partial charge < -0.3 is 4.42 Å². The van der Waals surface area contributed by atoms with E-state index in [0.717, 1.165) is 22.1 Å². The van der Waals surface area contributed by atoms with Gasteiger partial charge in [0.15, 0.2) is 0 Å². The van der Waals surface area contributed by atoms with Gasteiger partial charge in [0.25, 0.3) is 0 Å². The van der Waals surface area contributed by atoms with Crippen molar-refractivity contribution >= 4 is 86.6 Å². The molecule has 0 saturated heterocycles. The van der Waals surface area contributed by atoms with E-state index in [1.165, 1.54) is 75.6 Å². The monoisotopic (exact) mass is 544 g/mol. The molecule has 1 nitrogen and oxygen atoms in total. The van der Waals surface area contributed by atoms with Gasteiger partial charge in [-0.25, -0.2) is 0 Å². The lowest BCUT2D eigenvalue weighted by molar-refractivity contribution is 0.673. The highest BCUT2D eigenvalue weighted by atomic mass is 16.3. The van der Waals surface area contributed by atoms with Crippen LogP contribution in [0.25, 0.3) is 97.7 Å². The average molecular weight is 545 g/mol. The number of fused-ring (bicyclic) bond motifs is 16. The van der Waals surface area contributed by atoms with E-state index < -0.39 is 0 Å². The van der Waals surface area contributed by atoms with E-state index in [1.807, 2.05) is 0 Å². The van der Waals surface area contributed by atoms with E-state index in [2.05, 4.69) is 146 Å². The van der Waals surface area contributed by atoms with E-state index in [0.29, 0.717) is 0 Å². The van der Waals surface area contributed by atoms with Crippen molar-refractivity contribution in [1.82, 2.24) is 0 Å². The van der Waals surface area contributed by atoms with Gasteiger partial charge in [0.1, 0.15) is 11.2 Å². The van der Waals surface area contributed by atoms with Gasteiger partial charge in [-0.15, -0.1) is 0 Å². The van der Waals surface area contributed by atoms with Crippen molar-refractivity contribution in [3.8, 4) is 11.1 Å². The highest BCUT2D eigenvalue weighted by molar-refractivity contribution is 6.41. The molecule has 1 heterocycles. The maximum atomic E-state index is 6.95. The number of hydrogen-bond acceptors (Lipinski definition) is 1. The lowest BCUT2D eigenvalue weighted by atomic mass is 9.89. The summed E-state index contributed by atoms with van der Waals surface area (Å²) >= 11 is 0. The second kappa shape index (κ2) is 8.44. The van der Waals surface area contributed by atoms with Gasteiger partial charge in [0, 0.05) is 21.5 Å². The molecule has 0 saturated carbocycles. The van der Waals surface area contributed by atoms with E-state index in [-0.39, 0.29) is 0 Å². The predicted octanol–water partition coefficient (Wildman–Crippen LogP) is 12.2. The van der Waals surface area contributed by atoms with Gasteiger partial charge in [-0.05, 0) is 83.2 Å². The molecule has 198 valence electrons. The summed E-state index contributed by atoms with van der Waals surface area (Å²) in [7, 11) is 0. The average Bonchev–Trinajstić information content (AvgIpc) is 3.47. The van der Waals surface area contributed by atoms with Crippen LogP contribution in [0, 0.1) is 0 Å². The maximum Gasteiger partial charge on any atom is 0.144 e. The van der Waals surface area contributed by atoms with E-state index >= 15 is 0 Å². The first-order valence-corrected chi connectivity index (χ1v) is 14.9. The number of hydrogen-bond donors (Lipinski definition) is 0. The molecule has 0 spiro atoms. The highest BCUT2D eigenvalue weighted by Gasteiger charge is 2.20. The summed E-state index contributed by atoms with van der Waals surface area (Å²) in [5, 5.41) is 17.4. The summed E-state index contributed by atoms with van der Waals surface area (Å²) < 4.78 is 6.95. The molecule has 0 atom stereocenters. The summed E-state index contributed by atoms with van der Waals surface area (Å²) in [5.74, 6) is 0. The Morgan fingerprint density at radius 1 is 0.302 bits per heavy atom. The second-order valence-corrected chi connectivity index (χ2v) is 11.6. The largest absolute Gasteiger partial charge is 0.455 e. The normalized spacial score (nSPS) is 12.2. The molecule has 0 unspecified atom stereocenters. The van der Waals surface area contributed by atoms with Crippen molar-refractivity contribution < 1.29 is 4.42 Å². The molecule has 0 fully saturated rings. The minimum atomic E-state index is 0.917. The first-order chi connectivity index (χ1) is 21.3. The van der Waals surface area contributed by atoms with E-state index in [9.17, 15) is 0 Å². The Hall–Kier alpha value is -5.66. The fourth-order valence-electron chi connectivity index (χ4n) is 7.48. The first-order valence-electron chi connectivity index (χ1n) is 14.9. The Bertz CT molecular complexity index is 2780. The minimum Gasteiger partial charge on any atom is -0.455 e. The Balaban J connectivity index is 1.33. The van der Waals surface area contributed by atoms with Crippen molar-refractivity contribution in [3.05, 3.63) is 146 Å². The Morgan fingerprint density at radius 2 is 0.791 bits per heavy atom. The third-order valence-corrected chi connectivity index (χ3v) is 9.40. The van der Waals surface area contributed by atoms with Crippen LogP contribution in [-0.4, -0.2) is 0 Å². The summed E-state index contributed by atoms with van der Waals surface area (Å²) in [4.78, 5) is 0. The fraction of sp³-hybridized carbons (Fsp3) is 0. The predicted molar refractivity (Wildman–Crippen MR) is 184 cm³/mol. The molecule has 0 bridgehead atoms. The summed E-state index contributed by atoms with van der Waals surface area (Å²) in [6.07, 6.45) is 0. The number of rotatable bonds is 1. The highest BCUT2D eigenvalue weighted by Crippen LogP contribution is 2.47. The van der Waals surface area contributed by atoms with Crippen molar-refractivity contribution in [2.75, 3.05) is 0 Å². The minimum absolute atomic E-state index is 0.917. The van der Waals surface area contributed by atoms with Crippen LogP contribution >= 0.6 is 0 Å². The van der Waals surface area contributed by atoms with Crippen molar-refractivity contribution in [1.29, 1.82) is 0 Å². The summed E-state index contributed by atoms with van der Waals surface area (Å²) in [5.41, 5.74) is 4.23. The van der Waals surface area contributed by atoms with Crippen molar-refractivity contribution in [2.45, 2.75) is 0 Å². The molecule has 10 aromatic rings. The van der Waals surface area contributed by atoms with Crippen LogP contribution in [0.5, 0.6) is 0 Å². The van der Waals surface area contributed by atoms with Crippen LogP contribution in [0.1, 0.15) is 0 Å². The van der Waals surface area contributed by atoms with E-state index in [1.54, 1.807) is 0 Å². The van der Waals surface area contributed by atoms with Crippen LogP contribution in [0.3, 0.4) is 0 Å². The lowest BCUT2D eigenvalue weighted by Crippen LogP contribution is -1.86. The SMILES string of the molecule is c1ccc2c(c1)ccc1ccc(-c3ccc4c(c3)oc3c4c4ccccc4c4c5ccccc5c5ccccc5c34)cc12. The molecule has 10 rings (SSSR count). The summed E-state index contributed by atoms with van der Waals surface area (Å²) in [6, 6.07) is 52.9. The molecular formula is C42H24O. The van der Waals surface area contributed by atoms with Crippen LogP contribution in [0.2, 0.25) is 0 Å². The van der Waals surface area contributed by atoms with Gasteiger partial charge >= 0.3 is 0 Å².